The standard InChI is InChI=1S/C20H14Cl2N2O3/c21-12-4-1-3-11(7-12)15-9-17(25)23-18-16(20(26)27)10-24(19(15)18)14-6-2-5-13(22)8-14/h1-8,10,15H,9H2,(H,23,25)(H,26,27). The quantitative estimate of drug-likeness (QED) is 0.652. The van der Waals surface area contributed by atoms with E-state index >= 15 is 0 Å². The minimum atomic E-state index is -1.11. The van der Waals surface area contributed by atoms with Gasteiger partial charge in [0, 0.05) is 34.3 Å². The van der Waals surface area contributed by atoms with Gasteiger partial charge in [-0.1, -0.05) is 41.4 Å². The van der Waals surface area contributed by atoms with Gasteiger partial charge >= 0.3 is 5.97 Å². The number of benzene rings is 2. The second-order valence-corrected chi connectivity index (χ2v) is 7.19. The Morgan fingerprint density at radius 1 is 1.11 bits per heavy atom. The van der Waals surface area contributed by atoms with Crippen LogP contribution in [-0.2, 0) is 4.79 Å². The maximum Gasteiger partial charge on any atom is 0.339 e. The van der Waals surface area contributed by atoms with E-state index in [4.69, 9.17) is 23.2 Å². The zero-order chi connectivity index (χ0) is 19.1. The first-order valence-electron chi connectivity index (χ1n) is 8.24. The molecular weight excluding hydrogens is 387 g/mol. The Morgan fingerprint density at radius 3 is 2.48 bits per heavy atom. The summed E-state index contributed by atoms with van der Waals surface area (Å²) in [5.74, 6) is -1.68. The molecule has 1 atom stereocenters. The number of nitrogens with one attached hydrogen (secondary N) is 1. The molecule has 0 radical (unpaired) electrons. The van der Waals surface area contributed by atoms with Gasteiger partial charge in [0.1, 0.15) is 5.56 Å². The molecule has 5 nitrogen and oxygen atoms in total. The molecule has 0 saturated carbocycles. The van der Waals surface area contributed by atoms with Crippen molar-refractivity contribution in [3.8, 4) is 5.69 Å². The normalized spacial score (nSPS) is 15.9. The van der Waals surface area contributed by atoms with Gasteiger partial charge in [-0.15, -0.1) is 0 Å². The number of carboxylic acids is 1. The Balaban J connectivity index is 1.99. The number of amides is 1. The van der Waals surface area contributed by atoms with Gasteiger partial charge in [0.25, 0.3) is 0 Å². The molecule has 0 aliphatic carbocycles. The molecule has 2 aromatic carbocycles. The number of hydrogen-bond donors (Lipinski definition) is 2. The summed E-state index contributed by atoms with van der Waals surface area (Å²) in [6, 6.07) is 14.4. The molecule has 0 fully saturated rings. The van der Waals surface area contributed by atoms with Crippen LogP contribution in [0.25, 0.3) is 5.69 Å². The summed E-state index contributed by atoms with van der Waals surface area (Å²) in [5, 5.41) is 13.4. The Morgan fingerprint density at radius 2 is 1.81 bits per heavy atom. The van der Waals surface area contributed by atoms with Gasteiger partial charge in [-0.3, -0.25) is 4.79 Å². The molecule has 7 heteroatoms. The Bertz CT molecular complexity index is 1070. The molecule has 1 amide bonds. The summed E-state index contributed by atoms with van der Waals surface area (Å²) in [4.78, 5) is 24.1. The molecule has 1 aliphatic heterocycles. The smallest absolute Gasteiger partial charge is 0.339 e. The summed E-state index contributed by atoms with van der Waals surface area (Å²) in [7, 11) is 0. The molecule has 0 bridgehead atoms. The number of carbonyl (C=O) groups excluding carboxylic acids is 1. The maximum absolute atomic E-state index is 12.3. The van der Waals surface area contributed by atoms with Gasteiger partial charge in [0.05, 0.1) is 11.4 Å². The number of halogens is 2. The van der Waals surface area contributed by atoms with E-state index in [0.717, 1.165) is 11.3 Å². The van der Waals surface area contributed by atoms with Gasteiger partial charge in [0.15, 0.2) is 0 Å². The second-order valence-electron chi connectivity index (χ2n) is 6.32. The average molecular weight is 401 g/mol. The van der Waals surface area contributed by atoms with E-state index < -0.39 is 5.97 Å². The highest BCUT2D eigenvalue weighted by atomic mass is 35.5. The number of rotatable bonds is 3. The molecule has 1 aromatic heterocycles. The Labute approximate surface area is 165 Å². The number of hydrogen-bond acceptors (Lipinski definition) is 2. The monoisotopic (exact) mass is 400 g/mol. The minimum Gasteiger partial charge on any atom is -0.478 e. The molecule has 27 heavy (non-hydrogen) atoms. The summed E-state index contributed by atoms with van der Waals surface area (Å²) in [6.07, 6.45) is 1.71. The van der Waals surface area contributed by atoms with Crippen LogP contribution in [-0.4, -0.2) is 21.6 Å². The lowest BCUT2D eigenvalue weighted by Crippen LogP contribution is -2.25. The van der Waals surface area contributed by atoms with Crippen molar-refractivity contribution >= 4 is 40.8 Å². The van der Waals surface area contributed by atoms with E-state index in [-0.39, 0.29) is 23.8 Å². The summed E-state index contributed by atoms with van der Waals surface area (Å²) >= 11 is 12.3. The summed E-state index contributed by atoms with van der Waals surface area (Å²) < 4.78 is 1.77. The van der Waals surface area contributed by atoms with Crippen LogP contribution >= 0.6 is 23.2 Å². The fraction of sp³-hybridized carbons (Fsp3) is 0.100. The SMILES string of the molecule is O=C1CC(c2cccc(Cl)c2)c2c(c(C(=O)O)cn2-c2cccc(Cl)c2)N1. The van der Waals surface area contributed by atoms with E-state index in [1.807, 2.05) is 18.2 Å². The van der Waals surface area contributed by atoms with Crippen LogP contribution in [0.3, 0.4) is 0 Å². The minimum absolute atomic E-state index is 0.0325. The van der Waals surface area contributed by atoms with E-state index in [0.29, 0.717) is 21.4 Å². The number of carboxylic acid groups (broad SMARTS) is 1. The largest absolute Gasteiger partial charge is 0.478 e. The van der Waals surface area contributed by atoms with E-state index in [1.54, 1.807) is 34.9 Å². The molecule has 136 valence electrons. The molecule has 0 spiro atoms. The lowest BCUT2D eigenvalue weighted by molar-refractivity contribution is -0.116. The lowest BCUT2D eigenvalue weighted by atomic mass is 9.88. The van der Waals surface area contributed by atoms with Gasteiger partial charge in [-0.25, -0.2) is 4.79 Å². The van der Waals surface area contributed by atoms with Crippen LogP contribution < -0.4 is 5.32 Å². The predicted molar refractivity (Wildman–Crippen MR) is 104 cm³/mol. The fourth-order valence-corrected chi connectivity index (χ4v) is 3.85. The van der Waals surface area contributed by atoms with Crippen molar-refractivity contribution in [2.45, 2.75) is 12.3 Å². The highest BCUT2D eigenvalue weighted by Crippen LogP contribution is 2.42. The van der Waals surface area contributed by atoms with Crippen molar-refractivity contribution in [3.05, 3.63) is 81.6 Å². The van der Waals surface area contributed by atoms with Crippen molar-refractivity contribution in [3.63, 3.8) is 0 Å². The van der Waals surface area contributed by atoms with E-state index in [2.05, 4.69) is 5.32 Å². The molecule has 1 unspecified atom stereocenters. The highest BCUT2D eigenvalue weighted by Gasteiger charge is 2.34. The molecular formula is C20H14Cl2N2O3. The molecule has 3 aromatic rings. The number of carbonyl (C=O) groups is 2. The van der Waals surface area contributed by atoms with Crippen LogP contribution in [0.2, 0.25) is 10.0 Å². The number of aromatic carboxylic acids is 1. The zero-order valence-corrected chi connectivity index (χ0v) is 15.5. The van der Waals surface area contributed by atoms with Gasteiger partial charge < -0.3 is 15.0 Å². The van der Waals surface area contributed by atoms with Crippen LogP contribution in [0, 0.1) is 0 Å². The molecule has 1 aliphatic rings. The first kappa shape index (κ1) is 17.6. The van der Waals surface area contributed by atoms with Gasteiger partial charge in [0.2, 0.25) is 5.91 Å². The van der Waals surface area contributed by atoms with Crippen LogP contribution in [0.4, 0.5) is 5.69 Å². The third-order valence-electron chi connectivity index (χ3n) is 4.60. The zero-order valence-electron chi connectivity index (χ0n) is 13.9. The fourth-order valence-electron chi connectivity index (χ4n) is 3.47. The van der Waals surface area contributed by atoms with Crippen molar-refractivity contribution in [2.75, 3.05) is 5.32 Å². The van der Waals surface area contributed by atoms with Crippen LogP contribution in [0.15, 0.2) is 54.7 Å². The van der Waals surface area contributed by atoms with Crippen molar-refractivity contribution in [1.29, 1.82) is 0 Å². The Hall–Kier alpha value is -2.76. The van der Waals surface area contributed by atoms with E-state index in [9.17, 15) is 14.7 Å². The van der Waals surface area contributed by atoms with Crippen molar-refractivity contribution < 1.29 is 14.7 Å². The maximum atomic E-state index is 12.3. The molecule has 0 saturated heterocycles. The summed E-state index contributed by atoms with van der Waals surface area (Å²) in [5.41, 5.74) is 2.59. The Kier molecular flexibility index (Phi) is 4.42. The lowest BCUT2D eigenvalue weighted by Gasteiger charge is -2.26. The molecule has 4 rings (SSSR count). The van der Waals surface area contributed by atoms with Crippen LogP contribution in [0.1, 0.15) is 34.0 Å². The first-order valence-corrected chi connectivity index (χ1v) is 8.99. The number of aromatic nitrogens is 1. The van der Waals surface area contributed by atoms with Gasteiger partial charge in [-0.2, -0.15) is 0 Å². The first-order chi connectivity index (χ1) is 12.9. The third-order valence-corrected chi connectivity index (χ3v) is 5.07. The topological polar surface area (TPSA) is 71.3 Å². The predicted octanol–water partition coefficient (Wildman–Crippen LogP) is 4.96. The second kappa shape index (κ2) is 6.76. The van der Waals surface area contributed by atoms with Crippen LogP contribution in [0.5, 0.6) is 0 Å². The highest BCUT2D eigenvalue weighted by molar-refractivity contribution is 6.31. The average Bonchev–Trinajstić information content (AvgIpc) is 3.00. The molecule has 2 heterocycles. The number of anilines is 1. The van der Waals surface area contributed by atoms with Gasteiger partial charge in [-0.05, 0) is 35.9 Å². The van der Waals surface area contributed by atoms with Crippen molar-refractivity contribution in [1.82, 2.24) is 4.57 Å². The third kappa shape index (κ3) is 3.20. The van der Waals surface area contributed by atoms with Crippen molar-refractivity contribution in [2.24, 2.45) is 0 Å². The number of nitrogens with zero attached hydrogens (tertiary/aromatic N) is 1. The van der Waals surface area contributed by atoms with E-state index in [1.165, 1.54) is 6.20 Å². The summed E-state index contributed by atoms with van der Waals surface area (Å²) in [6.45, 7) is 0. The molecule has 2 N–H and O–H groups in total. The number of fused-ring (bicyclic) bond motifs is 1.